The van der Waals surface area contributed by atoms with E-state index in [1.165, 1.54) is 0 Å². The molecule has 0 fully saturated rings. The zero-order valence-electron chi connectivity index (χ0n) is 4.32. The van der Waals surface area contributed by atoms with Crippen molar-refractivity contribution in [2.45, 2.75) is 0 Å². The van der Waals surface area contributed by atoms with E-state index in [0.717, 1.165) is 0 Å². The van der Waals surface area contributed by atoms with Gasteiger partial charge in [-0.2, -0.15) is 8.42 Å². The predicted octanol–water partition coefficient (Wildman–Crippen LogP) is -2.50. The molecule has 0 spiro atoms. The normalized spacial score (nSPS) is 10.6. The van der Waals surface area contributed by atoms with Crippen molar-refractivity contribution in [3.8, 4) is 0 Å². The van der Waals surface area contributed by atoms with E-state index in [0.29, 0.717) is 0 Å². The molecular weight excluding hydrogens is 231 g/mol. The molecule has 0 aliphatic rings. The molecule has 0 saturated carbocycles. The second kappa shape index (κ2) is 6.72. The van der Waals surface area contributed by atoms with Crippen LogP contribution in [-0.2, 0) is 15.0 Å². The average Bonchev–Trinajstić information content (AvgIpc) is 1.12. The molecule has 0 atom stereocenters. The monoisotopic (exact) mass is 238 g/mol. The first-order chi connectivity index (χ1) is 4.00. The van der Waals surface area contributed by atoms with Gasteiger partial charge in [-0.3, -0.25) is 9.11 Å². The van der Waals surface area contributed by atoms with E-state index in [-0.39, 0.29) is 37.7 Å². The Labute approximate surface area is 92.1 Å². The molecule has 0 heterocycles. The van der Waals surface area contributed by atoms with Crippen LogP contribution in [0.1, 0.15) is 0 Å². The molecule has 11 heteroatoms. The molecule has 0 amide bonds. The second-order valence-electron chi connectivity index (χ2n) is 0.961. The molecule has 8 nitrogen and oxygen atoms in total. The van der Waals surface area contributed by atoms with Gasteiger partial charge in [-0.25, -0.2) is 4.57 Å². The fourth-order valence-corrected chi connectivity index (χ4v) is 0. The quantitative estimate of drug-likeness (QED) is 0.176. The Bertz CT molecular complexity index is 192. The first-order valence-corrected chi connectivity index (χ1v) is 4.44. The first kappa shape index (κ1) is 18.1. The van der Waals surface area contributed by atoms with Gasteiger partial charge in [-0.15, -0.1) is 0 Å². The van der Waals surface area contributed by atoms with Crippen LogP contribution in [0.3, 0.4) is 0 Å². The predicted molar refractivity (Wildman–Crippen MR) is 37.0 cm³/mol. The maximum absolute atomic E-state index is 8.88. The van der Waals surface area contributed by atoms with E-state index in [1.54, 1.807) is 0 Å². The van der Waals surface area contributed by atoms with Gasteiger partial charge < -0.3 is 14.7 Å². The summed E-state index contributed by atoms with van der Waals surface area (Å²) in [5, 5.41) is 0. The summed E-state index contributed by atoms with van der Waals surface area (Å²) in [7, 11) is -9.31. The van der Waals surface area contributed by atoms with Crippen LogP contribution in [0.25, 0.3) is 0 Å². The minimum absolute atomic E-state index is 0. The van der Waals surface area contributed by atoms with Crippen molar-refractivity contribution in [1.82, 2.24) is 0 Å². The number of rotatable bonds is 0. The van der Waals surface area contributed by atoms with Crippen molar-refractivity contribution in [2.75, 3.05) is 0 Å². The van der Waals surface area contributed by atoms with Gasteiger partial charge in [0, 0.05) is 0 Å². The van der Waals surface area contributed by atoms with Gasteiger partial charge in [0.2, 0.25) is 0 Å². The SMILES string of the molecule is O=P(O)(O)O.O=S(=O)(O)O.[CaH2]. The summed E-state index contributed by atoms with van der Waals surface area (Å²) in [6, 6.07) is 0. The summed E-state index contributed by atoms with van der Waals surface area (Å²) in [4.78, 5) is 21.6. The van der Waals surface area contributed by atoms with Crippen LogP contribution in [-0.4, -0.2) is 69.9 Å². The van der Waals surface area contributed by atoms with E-state index in [9.17, 15) is 0 Å². The third kappa shape index (κ3) is 624. The Balaban J connectivity index is -0.000000107. The molecule has 0 aromatic carbocycles. The molecule has 0 saturated heterocycles. The maximum atomic E-state index is 8.88. The van der Waals surface area contributed by atoms with Gasteiger partial charge >= 0.3 is 56.0 Å². The van der Waals surface area contributed by atoms with Gasteiger partial charge in [-0.05, 0) is 0 Å². The van der Waals surface area contributed by atoms with Crippen molar-refractivity contribution >= 4 is 56.0 Å². The van der Waals surface area contributed by atoms with E-state index in [1.807, 2.05) is 0 Å². The van der Waals surface area contributed by atoms with Crippen LogP contribution in [0, 0.1) is 0 Å². The van der Waals surface area contributed by atoms with Gasteiger partial charge in [0.25, 0.3) is 0 Å². The first-order valence-electron chi connectivity index (χ1n) is 1.48. The molecule has 0 aliphatic heterocycles. The Kier molecular flexibility index (Phi) is 11.1. The zero-order chi connectivity index (χ0) is 9.00. The van der Waals surface area contributed by atoms with E-state index >= 15 is 0 Å². The van der Waals surface area contributed by atoms with Gasteiger partial charge in [0.15, 0.2) is 0 Å². The molecule has 0 bridgehead atoms. The number of hydrogen-bond donors (Lipinski definition) is 5. The molecule has 0 aromatic rings. The Morgan fingerprint density at radius 1 is 1.00 bits per heavy atom. The third-order valence-corrected chi connectivity index (χ3v) is 0. The summed E-state index contributed by atoms with van der Waals surface area (Å²) in [6.07, 6.45) is 0. The van der Waals surface area contributed by atoms with Crippen molar-refractivity contribution < 1.29 is 36.8 Å². The summed E-state index contributed by atoms with van der Waals surface area (Å²) >= 11 is 0. The Morgan fingerprint density at radius 2 is 1.00 bits per heavy atom. The fourth-order valence-electron chi connectivity index (χ4n) is 0. The molecule has 68 valence electrons. The van der Waals surface area contributed by atoms with Crippen molar-refractivity contribution in [1.29, 1.82) is 0 Å². The fraction of sp³-hybridized carbons (Fsp3) is 0. The van der Waals surface area contributed by atoms with Crippen LogP contribution < -0.4 is 0 Å². The molecular formula is H7CaO8PS. The van der Waals surface area contributed by atoms with Gasteiger partial charge in [-0.1, -0.05) is 0 Å². The molecule has 0 aliphatic carbocycles. The summed E-state index contributed by atoms with van der Waals surface area (Å²) in [5.41, 5.74) is 0. The number of hydrogen-bond acceptors (Lipinski definition) is 3. The van der Waals surface area contributed by atoms with Gasteiger partial charge in [0.1, 0.15) is 0 Å². The van der Waals surface area contributed by atoms with Crippen LogP contribution in [0.4, 0.5) is 0 Å². The summed E-state index contributed by atoms with van der Waals surface area (Å²) in [5.74, 6) is 0. The van der Waals surface area contributed by atoms with Crippen molar-refractivity contribution in [3.63, 3.8) is 0 Å². The third-order valence-electron chi connectivity index (χ3n) is 0. The second-order valence-corrected chi connectivity index (χ2v) is 2.88. The summed E-state index contributed by atoms with van der Waals surface area (Å²) < 4.78 is 40.5. The van der Waals surface area contributed by atoms with E-state index in [2.05, 4.69) is 0 Å². The van der Waals surface area contributed by atoms with Crippen molar-refractivity contribution in [3.05, 3.63) is 0 Å². The molecule has 0 rings (SSSR count). The minimum atomic E-state index is -4.67. The van der Waals surface area contributed by atoms with Crippen LogP contribution in [0.5, 0.6) is 0 Å². The van der Waals surface area contributed by atoms with Crippen LogP contribution in [0.2, 0.25) is 0 Å². The Hall–Kier alpha value is 1.24. The van der Waals surface area contributed by atoms with E-state index in [4.69, 9.17) is 36.8 Å². The molecule has 0 aromatic heterocycles. The topological polar surface area (TPSA) is 152 Å². The molecule has 5 N–H and O–H groups in total. The average molecular weight is 238 g/mol. The van der Waals surface area contributed by atoms with Crippen LogP contribution >= 0.6 is 7.82 Å². The standard InChI is InChI=1S/Ca.H3O4P.H2O4S.2H/c;2*1-5(2,3)4;;/h;(H3,1,2,3,4);(H2,1,2,3,4);;. The zero-order valence-corrected chi connectivity index (χ0v) is 6.03. The van der Waals surface area contributed by atoms with E-state index < -0.39 is 18.2 Å². The van der Waals surface area contributed by atoms with Gasteiger partial charge in [0.05, 0.1) is 0 Å². The number of phosphoric acid groups is 1. The molecule has 0 radical (unpaired) electrons. The molecule has 11 heavy (non-hydrogen) atoms. The molecule has 0 unspecified atom stereocenters. The Morgan fingerprint density at radius 3 is 1.00 bits per heavy atom. The van der Waals surface area contributed by atoms with Crippen molar-refractivity contribution in [2.24, 2.45) is 0 Å². The van der Waals surface area contributed by atoms with Crippen LogP contribution in [0.15, 0.2) is 0 Å². The summed E-state index contributed by atoms with van der Waals surface area (Å²) in [6.45, 7) is 0.